The maximum absolute atomic E-state index is 9.55. The van der Waals surface area contributed by atoms with E-state index in [1.807, 2.05) is 12.1 Å². The molecule has 0 saturated carbocycles. The normalized spacial score (nSPS) is 11.8. The number of nitrogens with two attached hydrogens (primary N) is 1. The van der Waals surface area contributed by atoms with Crippen LogP contribution in [0.15, 0.2) is 24.3 Å². The minimum Gasteiger partial charge on any atom is -0.481 e. The molecule has 1 aromatic rings. The molecule has 0 saturated heterocycles. The van der Waals surface area contributed by atoms with E-state index in [1.165, 1.54) is 0 Å². The fraction of sp³-hybridized carbons (Fsp3) is 0.273. The number of ether oxygens (including phenoxy) is 1. The highest BCUT2D eigenvalue weighted by Crippen LogP contribution is 2.23. The lowest BCUT2D eigenvalue weighted by Crippen LogP contribution is -2.12. The molecular weight excluding hydrogens is 178 g/mol. The van der Waals surface area contributed by atoms with Crippen LogP contribution in [0, 0.1) is 12.3 Å². The molecule has 1 rings (SSSR count). The quantitative estimate of drug-likeness (QED) is 0.688. The molecule has 0 aliphatic rings. The highest BCUT2D eigenvalue weighted by atomic mass is 16.5. The van der Waals surface area contributed by atoms with Crippen LogP contribution in [-0.2, 0) is 0 Å². The zero-order valence-corrected chi connectivity index (χ0v) is 7.81. The van der Waals surface area contributed by atoms with Crippen LogP contribution in [0.2, 0.25) is 0 Å². The summed E-state index contributed by atoms with van der Waals surface area (Å²) in [5, 5.41) is 9.55. The number of terminal acetylenes is 1. The van der Waals surface area contributed by atoms with Crippen molar-refractivity contribution in [3.8, 4) is 18.1 Å². The average molecular weight is 191 g/mol. The Bertz CT molecular complexity index is 330. The van der Waals surface area contributed by atoms with Gasteiger partial charge in [0.05, 0.1) is 6.10 Å². The zero-order chi connectivity index (χ0) is 10.4. The Morgan fingerprint density at radius 1 is 1.50 bits per heavy atom. The largest absolute Gasteiger partial charge is 0.481 e. The van der Waals surface area contributed by atoms with Gasteiger partial charge in [0, 0.05) is 12.1 Å². The van der Waals surface area contributed by atoms with Crippen LogP contribution < -0.4 is 10.5 Å². The summed E-state index contributed by atoms with van der Waals surface area (Å²) < 4.78 is 5.26. The summed E-state index contributed by atoms with van der Waals surface area (Å²) in [5.74, 6) is 2.95. The molecule has 14 heavy (non-hydrogen) atoms. The highest BCUT2D eigenvalue weighted by Gasteiger charge is 2.10. The summed E-state index contributed by atoms with van der Waals surface area (Å²) in [6.45, 7) is 0.352. The molecule has 74 valence electrons. The molecule has 1 atom stereocenters. The summed E-state index contributed by atoms with van der Waals surface area (Å²) in [5.41, 5.74) is 6.03. The Labute approximate surface area is 83.5 Å². The lowest BCUT2D eigenvalue weighted by Gasteiger charge is -2.13. The van der Waals surface area contributed by atoms with Gasteiger partial charge in [-0.2, -0.15) is 0 Å². The first-order valence-corrected chi connectivity index (χ1v) is 4.33. The lowest BCUT2D eigenvalue weighted by molar-refractivity contribution is 0.181. The molecule has 0 radical (unpaired) electrons. The van der Waals surface area contributed by atoms with E-state index < -0.39 is 6.10 Å². The van der Waals surface area contributed by atoms with Crippen molar-refractivity contribution in [2.24, 2.45) is 5.73 Å². The average Bonchev–Trinajstić information content (AvgIpc) is 2.25. The first-order valence-electron chi connectivity index (χ1n) is 4.33. The summed E-state index contributed by atoms with van der Waals surface area (Å²) >= 11 is 0. The third kappa shape index (κ3) is 2.49. The van der Waals surface area contributed by atoms with Crippen molar-refractivity contribution in [3.05, 3.63) is 29.8 Å². The fourth-order valence-electron chi connectivity index (χ4n) is 1.13. The summed E-state index contributed by atoms with van der Waals surface area (Å²) in [4.78, 5) is 0. The zero-order valence-electron chi connectivity index (χ0n) is 7.81. The van der Waals surface area contributed by atoms with E-state index in [0.717, 1.165) is 0 Å². The molecule has 1 unspecified atom stereocenters. The van der Waals surface area contributed by atoms with Crippen LogP contribution in [0.25, 0.3) is 0 Å². The molecule has 0 aliphatic heterocycles. The predicted octanol–water partition coefficient (Wildman–Crippen LogP) is 0.691. The number of rotatable bonds is 4. The Morgan fingerprint density at radius 2 is 2.21 bits per heavy atom. The minimum absolute atomic E-state index is 0.163. The van der Waals surface area contributed by atoms with Gasteiger partial charge in [-0.15, -0.1) is 6.42 Å². The molecular formula is C11H13NO2. The third-order valence-electron chi connectivity index (χ3n) is 1.81. The molecule has 0 bridgehead atoms. The second-order valence-corrected chi connectivity index (χ2v) is 2.78. The van der Waals surface area contributed by atoms with Gasteiger partial charge in [0.1, 0.15) is 12.4 Å². The summed E-state index contributed by atoms with van der Waals surface area (Å²) in [6.07, 6.45) is 4.37. The number of para-hydroxylation sites is 1. The summed E-state index contributed by atoms with van der Waals surface area (Å²) in [7, 11) is 0. The molecule has 3 N–H and O–H groups in total. The maximum Gasteiger partial charge on any atom is 0.148 e. The number of aliphatic hydroxyl groups excluding tert-OH is 1. The highest BCUT2D eigenvalue weighted by molar-refractivity contribution is 5.35. The van der Waals surface area contributed by atoms with Crippen molar-refractivity contribution in [2.45, 2.75) is 6.10 Å². The number of hydrogen-bond acceptors (Lipinski definition) is 3. The summed E-state index contributed by atoms with van der Waals surface area (Å²) in [6, 6.07) is 7.16. The van der Waals surface area contributed by atoms with Crippen molar-refractivity contribution in [1.82, 2.24) is 0 Å². The molecule has 1 aromatic carbocycles. The van der Waals surface area contributed by atoms with E-state index in [4.69, 9.17) is 16.9 Å². The molecule has 0 fully saturated rings. The Kier molecular flexibility index (Phi) is 3.99. The van der Waals surface area contributed by atoms with Gasteiger partial charge in [-0.05, 0) is 6.07 Å². The van der Waals surface area contributed by atoms with Crippen LogP contribution >= 0.6 is 0 Å². The Balaban J connectivity index is 2.86. The van der Waals surface area contributed by atoms with Gasteiger partial charge in [-0.25, -0.2) is 0 Å². The maximum atomic E-state index is 9.55. The van der Waals surface area contributed by atoms with Crippen molar-refractivity contribution in [1.29, 1.82) is 0 Å². The number of aliphatic hydroxyl groups is 1. The third-order valence-corrected chi connectivity index (χ3v) is 1.81. The van der Waals surface area contributed by atoms with Crippen LogP contribution in [0.5, 0.6) is 5.75 Å². The lowest BCUT2D eigenvalue weighted by atomic mass is 10.1. The minimum atomic E-state index is -0.705. The second kappa shape index (κ2) is 5.28. The predicted molar refractivity (Wildman–Crippen MR) is 54.8 cm³/mol. The first kappa shape index (κ1) is 10.6. The second-order valence-electron chi connectivity index (χ2n) is 2.78. The van der Waals surface area contributed by atoms with Crippen LogP contribution in [0.1, 0.15) is 11.7 Å². The molecule has 3 nitrogen and oxygen atoms in total. The number of benzene rings is 1. The van der Waals surface area contributed by atoms with E-state index >= 15 is 0 Å². The topological polar surface area (TPSA) is 55.5 Å². The van der Waals surface area contributed by atoms with E-state index in [9.17, 15) is 5.11 Å². The monoisotopic (exact) mass is 191 g/mol. The van der Waals surface area contributed by atoms with Crippen molar-refractivity contribution < 1.29 is 9.84 Å². The molecule has 3 heteroatoms. The van der Waals surface area contributed by atoms with Gasteiger partial charge in [0.15, 0.2) is 0 Å². The Hall–Kier alpha value is -1.50. The van der Waals surface area contributed by atoms with E-state index in [-0.39, 0.29) is 13.2 Å². The standard InChI is InChI=1S/C11H13NO2/c1-2-7-14-11-6-4-3-5-9(11)10(13)8-12/h1,3-6,10,13H,7-8,12H2. The number of hydrogen-bond donors (Lipinski definition) is 2. The first-order chi connectivity index (χ1) is 6.79. The molecule has 0 aromatic heterocycles. The van der Waals surface area contributed by atoms with Crippen molar-refractivity contribution in [2.75, 3.05) is 13.2 Å². The van der Waals surface area contributed by atoms with Gasteiger partial charge in [-0.3, -0.25) is 0 Å². The van der Waals surface area contributed by atoms with Crippen LogP contribution in [0.4, 0.5) is 0 Å². The SMILES string of the molecule is C#CCOc1ccccc1C(O)CN. The molecule has 0 amide bonds. The van der Waals surface area contributed by atoms with Crippen LogP contribution in [0.3, 0.4) is 0 Å². The van der Waals surface area contributed by atoms with Gasteiger partial charge < -0.3 is 15.6 Å². The Morgan fingerprint density at radius 3 is 2.86 bits per heavy atom. The smallest absolute Gasteiger partial charge is 0.148 e. The molecule has 0 spiro atoms. The van der Waals surface area contributed by atoms with Crippen LogP contribution in [-0.4, -0.2) is 18.3 Å². The van der Waals surface area contributed by atoms with E-state index in [0.29, 0.717) is 11.3 Å². The molecule has 0 aliphatic carbocycles. The van der Waals surface area contributed by atoms with Crippen molar-refractivity contribution in [3.63, 3.8) is 0 Å². The van der Waals surface area contributed by atoms with Crippen molar-refractivity contribution >= 4 is 0 Å². The van der Waals surface area contributed by atoms with Gasteiger partial charge in [-0.1, -0.05) is 24.1 Å². The van der Waals surface area contributed by atoms with Gasteiger partial charge >= 0.3 is 0 Å². The van der Waals surface area contributed by atoms with E-state index in [2.05, 4.69) is 5.92 Å². The fourth-order valence-corrected chi connectivity index (χ4v) is 1.13. The van der Waals surface area contributed by atoms with Gasteiger partial charge in [0.25, 0.3) is 0 Å². The van der Waals surface area contributed by atoms with E-state index in [1.54, 1.807) is 12.1 Å². The van der Waals surface area contributed by atoms with Gasteiger partial charge in [0.2, 0.25) is 0 Å². The molecule has 0 heterocycles.